The molecule has 7 nitrogen and oxygen atoms in total. The number of hydrogen-bond donors (Lipinski definition) is 2. The molecular formula is C9H11N5O2S. The first-order chi connectivity index (χ1) is 8.00. The normalized spacial score (nSPS) is 11.4. The van der Waals surface area contributed by atoms with E-state index in [0.29, 0.717) is 11.4 Å². The molecule has 0 aliphatic heterocycles. The third-order valence-corrected chi connectivity index (χ3v) is 3.71. The number of nitrogens with one attached hydrogen (secondary N) is 2. The van der Waals surface area contributed by atoms with Crippen LogP contribution in [-0.4, -0.2) is 28.6 Å². The zero-order valence-corrected chi connectivity index (χ0v) is 10.1. The predicted octanol–water partition coefficient (Wildman–Crippen LogP) is 0.617. The lowest BCUT2D eigenvalue weighted by Crippen LogP contribution is -2.16. The molecule has 0 radical (unpaired) electrons. The van der Waals surface area contributed by atoms with Crippen LogP contribution >= 0.6 is 0 Å². The maximum atomic E-state index is 12.1. The summed E-state index contributed by atoms with van der Waals surface area (Å²) < 4.78 is 26.4. The molecule has 2 heterocycles. The van der Waals surface area contributed by atoms with Gasteiger partial charge < -0.3 is 0 Å². The standard InChI is InChI=1S/C9H11N5O2S/c1-6-8(7(2)13-12-6)17(15,16)14-9-10-4-3-5-11-9/h3-5H,1-2H3,(H,12,13)(H,10,11,14). The number of aryl methyl sites for hydroxylation is 2. The molecule has 0 fully saturated rings. The van der Waals surface area contributed by atoms with Crippen molar-refractivity contribution in [1.82, 2.24) is 20.2 Å². The van der Waals surface area contributed by atoms with E-state index in [1.165, 1.54) is 12.4 Å². The van der Waals surface area contributed by atoms with Gasteiger partial charge in [-0.2, -0.15) is 5.10 Å². The van der Waals surface area contributed by atoms with Crippen LogP contribution in [0.1, 0.15) is 11.4 Å². The monoisotopic (exact) mass is 253 g/mol. The summed E-state index contributed by atoms with van der Waals surface area (Å²) in [5.41, 5.74) is 0.886. The molecule has 0 amide bonds. The fraction of sp³-hybridized carbons (Fsp3) is 0.222. The molecule has 17 heavy (non-hydrogen) atoms. The summed E-state index contributed by atoms with van der Waals surface area (Å²) in [6, 6.07) is 1.60. The van der Waals surface area contributed by atoms with Crippen molar-refractivity contribution < 1.29 is 8.42 Å². The molecule has 0 aliphatic rings. The Kier molecular flexibility index (Phi) is 2.80. The molecule has 0 unspecified atom stereocenters. The zero-order chi connectivity index (χ0) is 12.5. The number of H-pyrrole nitrogens is 1. The molecule has 8 heteroatoms. The number of nitrogens with zero attached hydrogens (tertiary/aromatic N) is 3. The Bertz CT molecular complexity index is 601. The first kappa shape index (κ1) is 11.5. The highest BCUT2D eigenvalue weighted by molar-refractivity contribution is 7.92. The Balaban J connectivity index is 2.39. The number of sulfonamides is 1. The molecule has 0 aromatic carbocycles. The van der Waals surface area contributed by atoms with Crippen molar-refractivity contribution in [3.8, 4) is 0 Å². The van der Waals surface area contributed by atoms with Gasteiger partial charge in [0.2, 0.25) is 5.95 Å². The van der Waals surface area contributed by atoms with E-state index in [1.807, 2.05) is 0 Å². The van der Waals surface area contributed by atoms with Crippen LogP contribution in [-0.2, 0) is 10.0 Å². The summed E-state index contributed by atoms with van der Waals surface area (Å²) in [4.78, 5) is 7.73. The van der Waals surface area contributed by atoms with Gasteiger partial charge in [0.25, 0.3) is 10.0 Å². The van der Waals surface area contributed by atoms with Crippen molar-refractivity contribution >= 4 is 16.0 Å². The van der Waals surface area contributed by atoms with Crippen molar-refractivity contribution in [1.29, 1.82) is 0 Å². The summed E-state index contributed by atoms with van der Waals surface area (Å²) in [6.45, 7) is 3.25. The van der Waals surface area contributed by atoms with Gasteiger partial charge in [-0.15, -0.1) is 0 Å². The quantitative estimate of drug-likeness (QED) is 0.835. The first-order valence-electron chi connectivity index (χ1n) is 4.82. The Morgan fingerprint density at radius 1 is 1.24 bits per heavy atom. The van der Waals surface area contributed by atoms with Gasteiger partial charge in [0, 0.05) is 12.4 Å². The zero-order valence-electron chi connectivity index (χ0n) is 9.30. The number of rotatable bonds is 3. The highest BCUT2D eigenvalue weighted by Crippen LogP contribution is 2.18. The SMILES string of the molecule is Cc1n[nH]c(C)c1S(=O)(=O)Nc1ncccn1. The second-order valence-electron chi connectivity index (χ2n) is 3.44. The van der Waals surface area contributed by atoms with Crippen LogP contribution in [0.4, 0.5) is 5.95 Å². The van der Waals surface area contributed by atoms with Gasteiger partial charge >= 0.3 is 0 Å². The Morgan fingerprint density at radius 2 is 1.88 bits per heavy atom. The van der Waals surface area contributed by atoms with Crippen LogP contribution in [0, 0.1) is 13.8 Å². The van der Waals surface area contributed by atoms with E-state index < -0.39 is 10.0 Å². The summed E-state index contributed by atoms with van der Waals surface area (Å²) >= 11 is 0. The molecule has 90 valence electrons. The smallest absolute Gasteiger partial charge is 0.267 e. The topological polar surface area (TPSA) is 101 Å². The number of hydrogen-bond acceptors (Lipinski definition) is 5. The predicted molar refractivity (Wildman–Crippen MR) is 60.9 cm³/mol. The molecule has 0 aliphatic carbocycles. The Morgan fingerprint density at radius 3 is 2.41 bits per heavy atom. The Hall–Kier alpha value is -1.96. The van der Waals surface area contributed by atoms with Crippen LogP contribution in [0.2, 0.25) is 0 Å². The lowest BCUT2D eigenvalue weighted by Gasteiger charge is -2.05. The maximum Gasteiger partial charge on any atom is 0.267 e. The average Bonchev–Trinajstić information content (AvgIpc) is 2.59. The van der Waals surface area contributed by atoms with Gasteiger partial charge in [-0.25, -0.2) is 23.1 Å². The molecule has 2 aromatic heterocycles. The summed E-state index contributed by atoms with van der Waals surface area (Å²) in [6.07, 6.45) is 2.92. The number of anilines is 1. The summed E-state index contributed by atoms with van der Waals surface area (Å²) in [7, 11) is -3.70. The van der Waals surface area contributed by atoms with Gasteiger partial charge in [0.1, 0.15) is 4.90 Å². The van der Waals surface area contributed by atoms with E-state index in [9.17, 15) is 8.42 Å². The summed E-state index contributed by atoms with van der Waals surface area (Å²) in [5, 5.41) is 6.46. The van der Waals surface area contributed by atoms with Crippen LogP contribution < -0.4 is 4.72 Å². The molecule has 0 bridgehead atoms. The van der Waals surface area contributed by atoms with Gasteiger partial charge in [-0.3, -0.25) is 5.10 Å². The van der Waals surface area contributed by atoms with E-state index in [0.717, 1.165) is 0 Å². The van der Waals surface area contributed by atoms with Crippen molar-refractivity contribution in [3.63, 3.8) is 0 Å². The Labute approximate surface area is 98.4 Å². The van der Waals surface area contributed by atoms with Crippen LogP contribution in [0.25, 0.3) is 0 Å². The second-order valence-corrected chi connectivity index (χ2v) is 5.06. The van der Waals surface area contributed by atoms with Crippen LogP contribution in [0.15, 0.2) is 23.4 Å². The third-order valence-electron chi connectivity index (χ3n) is 2.12. The van der Waals surface area contributed by atoms with Gasteiger partial charge in [-0.1, -0.05) is 0 Å². The molecule has 0 spiro atoms. The van der Waals surface area contributed by atoms with Gasteiger partial charge in [0.05, 0.1) is 11.4 Å². The van der Waals surface area contributed by atoms with Crippen LogP contribution in [0.5, 0.6) is 0 Å². The first-order valence-corrected chi connectivity index (χ1v) is 6.30. The van der Waals surface area contributed by atoms with Gasteiger partial charge in [0.15, 0.2) is 0 Å². The highest BCUT2D eigenvalue weighted by atomic mass is 32.2. The van der Waals surface area contributed by atoms with Crippen molar-refractivity contribution in [2.24, 2.45) is 0 Å². The molecule has 2 rings (SSSR count). The van der Waals surface area contributed by atoms with E-state index in [-0.39, 0.29) is 10.8 Å². The lowest BCUT2D eigenvalue weighted by molar-refractivity contribution is 0.599. The van der Waals surface area contributed by atoms with Crippen molar-refractivity contribution in [3.05, 3.63) is 29.8 Å². The average molecular weight is 253 g/mol. The van der Waals surface area contributed by atoms with E-state index in [1.54, 1.807) is 19.9 Å². The minimum atomic E-state index is -3.70. The van der Waals surface area contributed by atoms with Crippen molar-refractivity contribution in [2.75, 3.05) is 4.72 Å². The maximum absolute atomic E-state index is 12.1. The van der Waals surface area contributed by atoms with E-state index in [4.69, 9.17) is 0 Å². The number of aromatic amines is 1. The third kappa shape index (κ3) is 2.26. The van der Waals surface area contributed by atoms with Crippen molar-refractivity contribution in [2.45, 2.75) is 18.7 Å². The highest BCUT2D eigenvalue weighted by Gasteiger charge is 2.22. The number of aromatic nitrogens is 4. The second kappa shape index (κ2) is 4.13. The minimum absolute atomic E-state index is 0.0347. The van der Waals surface area contributed by atoms with E-state index in [2.05, 4.69) is 24.9 Å². The molecule has 0 saturated carbocycles. The molecule has 0 atom stereocenters. The fourth-order valence-corrected chi connectivity index (χ4v) is 2.79. The molecule has 0 saturated heterocycles. The molecule has 2 N–H and O–H groups in total. The lowest BCUT2D eigenvalue weighted by atomic mass is 10.4. The summed E-state index contributed by atoms with van der Waals surface area (Å²) in [5.74, 6) is 0.0347. The van der Waals surface area contributed by atoms with E-state index >= 15 is 0 Å². The van der Waals surface area contributed by atoms with Gasteiger partial charge in [-0.05, 0) is 19.9 Å². The molecule has 2 aromatic rings. The van der Waals surface area contributed by atoms with Crippen LogP contribution in [0.3, 0.4) is 0 Å². The molecular weight excluding hydrogens is 242 g/mol. The fourth-order valence-electron chi connectivity index (χ4n) is 1.46. The minimum Gasteiger partial charge on any atom is -0.281 e. The largest absolute Gasteiger partial charge is 0.281 e.